The van der Waals surface area contributed by atoms with E-state index >= 15 is 0 Å². The van der Waals surface area contributed by atoms with Gasteiger partial charge in [-0.2, -0.15) is 9.97 Å². The van der Waals surface area contributed by atoms with Crippen LogP contribution >= 0.6 is 0 Å². The smallest absolute Gasteiger partial charge is 0.318 e. The third kappa shape index (κ3) is 4.04. The molecule has 0 aliphatic carbocycles. The quantitative estimate of drug-likeness (QED) is 0.426. The summed E-state index contributed by atoms with van der Waals surface area (Å²) in [5.41, 5.74) is 5.03. The summed E-state index contributed by atoms with van der Waals surface area (Å²) < 4.78 is 21.3. The Kier molecular flexibility index (Phi) is 5.46. The summed E-state index contributed by atoms with van der Waals surface area (Å²) >= 11 is 0. The van der Waals surface area contributed by atoms with Crippen LogP contribution in [-0.2, 0) is 13.1 Å². The van der Waals surface area contributed by atoms with Crippen molar-refractivity contribution in [2.24, 2.45) is 0 Å². The topological polar surface area (TPSA) is 72.2 Å². The predicted octanol–water partition coefficient (Wildman–Crippen LogP) is 3.28. The molecular weight excluding hydrogens is 445 g/mol. The fourth-order valence-corrected chi connectivity index (χ4v) is 5.42. The molecule has 35 heavy (non-hydrogen) atoms. The molecule has 2 aliphatic heterocycles. The molecule has 0 saturated carbocycles. The normalized spacial score (nSPS) is 20.2. The molecule has 0 N–H and O–H groups in total. The summed E-state index contributed by atoms with van der Waals surface area (Å²) in [4.78, 5) is 22.8. The lowest BCUT2D eigenvalue weighted by Crippen LogP contribution is -2.43. The highest BCUT2D eigenvalue weighted by atomic mass is 19.1. The van der Waals surface area contributed by atoms with Crippen molar-refractivity contribution in [2.75, 3.05) is 27.2 Å². The number of rotatable bonds is 6. The zero-order valence-corrected chi connectivity index (χ0v) is 20.1. The molecule has 8 nitrogen and oxygen atoms in total. The molecule has 2 fully saturated rings. The maximum Gasteiger partial charge on any atom is 0.318 e. The number of likely N-dealkylation sites (tertiary alicyclic amines) is 2. The first-order chi connectivity index (χ1) is 17.0. The Morgan fingerprint density at radius 2 is 1.77 bits per heavy atom. The van der Waals surface area contributed by atoms with Gasteiger partial charge in [-0.15, -0.1) is 0 Å². The maximum absolute atomic E-state index is 14.0. The number of ether oxygens (including phenoxy) is 1. The summed E-state index contributed by atoms with van der Waals surface area (Å²) in [7, 11) is 3.77. The largest absolute Gasteiger partial charge is 0.467 e. The van der Waals surface area contributed by atoms with Gasteiger partial charge < -0.3 is 14.2 Å². The van der Waals surface area contributed by atoms with Gasteiger partial charge in [-0.25, -0.2) is 9.37 Å². The number of imidazole rings is 1. The van der Waals surface area contributed by atoms with Crippen LogP contribution in [0.15, 0.2) is 42.7 Å². The van der Waals surface area contributed by atoms with Crippen molar-refractivity contribution in [3.63, 3.8) is 0 Å². The molecule has 0 amide bonds. The summed E-state index contributed by atoms with van der Waals surface area (Å²) in [6, 6.07) is 11.8. The van der Waals surface area contributed by atoms with E-state index in [4.69, 9.17) is 9.72 Å². The second-order valence-electron chi connectivity index (χ2n) is 9.61. The molecule has 0 spiro atoms. The first kappa shape index (κ1) is 22.1. The van der Waals surface area contributed by atoms with Crippen LogP contribution < -0.4 is 4.74 Å². The van der Waals surface area contributed by atoms with Gasteiger partial charge in [-0.05, 0) is 37.6 Å². The van der Waals surface area contributed by atoms with E-state index in [1.54, 1.807) is 13.3 Å². The molecule has 2 atom stereocenters. The van der Waals surface area contributed by atoms with Gasteiger partial charge >= 0.3 is 6.01 Å². The average molecular weight is 474 g/mol. The lowest BCUT2D eigenvalue weighted by Gasteiger charge is -2.31. The van der Waals surface area contributed by atoms with Gasteiger partial charge in [0, 0.05) is 43.5 Å². The van der Waals surface area contributed by atoms with Crippen molar-refractivity contribution in [1.29, 1.82) is 0 Å². The standard InChI is InChI=1S/C26H28FN7O/c1-16-23-25(31-26(29-16)35-3)34(24(30-23)19-8-20(27)11-28-10-19)13-18-6-4-17(5-7-18)12-33-15-21-9-22(33)14-32(21)2/h4-8,10-11,21-22H,9,12-15H2,1-3H3/t21-,22-/m0/s1. The van der Waals surface area contributed by atoms with Crippen LogP contribution in [0.5, 0.6) is 6.01 Å². The maximum atomic E-state index is 14.0. The van der Waals surface area contributed by atoms with Crippen molar-refractivity contribution in [3.05, 3.63) is 65.4 Å². The number of hydrogen-bond donors (Lipinski definition) is 0. The Morgan fingerprint density at radius 1 is 1.00 bits per heavy atom. The minimum atomic E-state index is -0.410. The summed E-state index contributed by atoms with van der Waals surface area (Å²) in [6.45, 7) is 5.69. The van der Waals surface area contributed by atoms with Crippen LogP contribution in [0.25, 0.3) is 22.6 Å². The van der Waals surface area contributed by atoms with Crippen molar-refractivity contribution < 1.29 is 9.13 Å². The monoisotopic (exact) mass is 473 g/mol. The number of benzene rings is 1. The molecule has 9 heteroatoms. The number of nitrogens with zero attached hydrogens (tertiary/aromatic N) is 7. The van der Waals surface area contributed by atoms with Crippen molar-refractivity contribution in [2.45, 2.75) is 38.5 Å². The van der Waals surface area contributed by atoms with E-state index in [0.29, 0.717) is 46.9 Å². The summed E-state index contributed by atoms with van der Waals surface area (Å²) in [5.74, 6) is 0.187. The van der Waals surface area contributed by atoms with Crippen molar-refractivity contribution >= 4 is 11.2 Å². The molecule has 180 valence electrons. The fraction of sp³-hybridized carbons (Fsp3) is 0.385. The van der Waals surface area contributed by atoms with E-state index < -0.39 is 5.82 Å². The number of aryl methyl sites for hydroxylation is 1. The second kappa shape index (κ2) is 8.66. The number of piperazine rings is 1. The van der Waals surface area contributed by atoms with Crippen LogP contribution in [0, 0.1) is 12.7 Å². The van der Waals surface area contributed by atoms with Gasteiger partial charge in [0.1, 0.15) is 17.2 Å². The number of pyridine rings is 1. The van der Waals surface area contributed by atoms with Gasteiger partial charge in [0.05, 0.1) is 25.5 Å². The number of aromatic nitrogens is 5. The highest BCUT2D eigenvalue weighted by Crippen LogP contribution is 2.31. The molecule has 5 heterocycles. The lowest BCUT2D eigenvalue weighted by atomic mass is 10.1. The second-order valence-corrected chi connectivity index (χ2v) is 9.61. The van der Waals surface area contributed by atoms with Crippen LogP contribution in [0.4, 0.5) is 4.39 Å². The van der Waals surface area contributed by atoms with E-state index in [0.717, 1.165) is 18.7 Å². The number of methoxy groups -OCH3 is 1. The third-order valence-electron chi connectivity index (χ3n) is 7.27. The molecule has 4 aromatic rings. The van der Waals surface area contributed by atoms with Crippen LogP contribution in [0.3, 0.4) is 0 Å². The van der Waals surface area contributed by atoms with E-state index in [1.165, 1.54) is 30.8 Å². The van der Waals surface area contributed by atoms with E-state index in [1.807, 2.05) is 11.5 Å². The Hall–Kier alpha value is -3.43. The highest BCUT2D eigenvalue weighted by molar-refractivity contribution is 5.79. The molecule has 0 radical (unpaired) electrons. The molecule has 2 bridgehead atoms. The first-order valence-electron chi connectivity index (χ1n) is 11.9. The van der Waals surface area contributed by atoms with Gasteiger partial charge in [0.2, 0.25) is 0 Å². The van der Waals surface area contributed by atoms with Gasteiger partial charge in [0.15, 0.2) is 5.65 Å². The Balaban J connectivity index is 1.32. The van der Waals surface area contributed by atoms with Crippen LogP contribution in [0.1, 0.15) is 23.2 Å². The van der Waals surface area contributed by atoms with Gasteiger partial charge in [-0.3, -0.25) is 9.88 Å². The number of fused-ring (bicyclic) bond motifs is 3. The zero-order valence-electron chi connectivity index (χ0n) is 20.1. The number of hydrogen-bond acceptors (Lipinski definition) is 7. The predicted molar refractivity (Wildman–Crippen MR) is 131 cm³/mol. The molecule has 2 saturated heterocycles. The minimum Gasteiger partial charge on any atom is -0.467 e. The van der Waals surface area contributed by atoms with Crippen molar-refractivity contribution in [1.82, 2.24) is 34.3 Å². The highest BCUT2D eigenvalue weighted by Gasteiger charge is 2.40. The SMILES string of the molecule is COc1nc(C)c2nc(-c3cncc(F)c3)n(Cc3ccc(CN4C[C@@H]5C[C@H]4CN5C)cc3)c2n1. The Labute approximate surface area is 203 Å². The van der Waals surface area contributed by atoms with E-state index in [-0.39, 0.29) is 6.01 Å². The number of likely N-dealkylation sites (N-methyl/N-ethyl adjacent to an activating group) is 1. The Bertz CT molecular complexity index is 1380. The lowest BCUT2D eigenvalue weighted by molar-refractivity contribution is 0.143. The fourth-order valence-electron chi connectivity index (χ4n) is 5.42. The molecule has 3 aromatic heterocycles. The molecule has 2 aliphatic rings. The molecular formula is C26H28FN7O. The van der Waals surface area contributed by atoms with Crippen molar-refractivity contribution in [3.8, 4) is 17.4 Å². The van der Waals surface area contributed by atoms with E-state index in [9.17, 15) is 4.39 Å². The Morgan fingerprint density at radius 3 is 2.43 bits per heavy atom. The van der Waals surface area contributed by atoms with Crippen LogP contribution in [-0.4, -0.2) is 73.6 Å². The average Bonchev–Trinajstić information content (AvgIpc) is 3.53. The minimum absolute atomic E-state index is 0.279. The third-order valence-corrected chi connectivity index (χ3v) is 7.27. The molecule has 0 unspecified atom stereocenters. The summed E-state index contributed by atoms with van der Waals surface area (Å²) in [6.07, 6.45) is 4.09. The molecule has 6 rings (SSSR count). The zero-order chi connectivity index (χ0) is 24.1. The number of halogens is 1. The van der Waals surface area contributed by atoms with Gasteiger partial charge in [0.25, 0.3) is 0 Å². The van der Waals surface area contributed by atoms with Crippen LogP contribution in [0.2, 0.25) is 0 Å². The summed E-state index contributed by atoms with van der Waals surface area (Å²) in [5, 5.41) is 0. The molecule has 1 aromatic carbocycles. The van der Waals surface area contributed by atoms with Gasteiger partial charge in [-0.1, -0.05) is 24.3 Å². The first-order valence-corrected chi connectivity index (χ1v) is 11.9. The van der Waals surface area contributed by atoms with E-state index in [2.05, 4.69) is 56.1 Å².